The summed E-state index contributed by atoms with van der Waals surface area (Å²) in [7, 11) is 1.30. The van der Waals surface area contributed by atoms with Gasteiger partial charge in [0, 0.05) is 5.38 Å². The molecule has 0 radical (unpaired) electrons. The van der Waals surface area contributed by atoms with Gasteiger partial charge < -0.3 is 10.1 Å². The molecule has 1 amide bonds. The van der Waals surface area contributed by atoms with Gasteiger partial charge in [0.15, 0.2) is 10.8 Å². The number of rotatable bonds is 4. The summed E-state index contributed by atoms with van der Waals surface area (Å²) >= 11 is 1.22. The van der Waals surface area contributed by atoms with E-state index in [4.69, 9.17) is 0 Å². The van der Waals surface area contributed by atoms with Crippen molar-refractivity contribution < 1.29 is 14.3 Å². The van der Waals surface area contributed by atoms with Gasteiger partial charge in [0.25, 0.3) is 0 Å². The minimum atomic E-state index is -0.499. The Morgan fingerprint density at radius 2 is 2.10 bits per heavy atom. The Morgan fingerprint density at radius 3 is 2.67 bits per heavy atom. The van der Waals surface area contributed by atoms with E-state index in [0.717, 1.165) is 0 Å². The lowest BCUT2D eigenvalue weighted by molar-refractivity contribution is -0.118. The van der Waals surface area contributed by atoms with Crippen molar-refractivity contribution in [3.63, 3.8) is 0 Å². The fourth-order valence-corrected chi connectivity index (χ4v) is 3.24. The van der Waals surface area contributed by atoms with Crippen LogP contribution in [0, 0.1) is 17.3 Å². The first-order valence-electron chi connectivity index (χ1n) is 6.77. The Bertz CT molecular complexity index is 600. The zero-order valence-corrected chi connectivity index (χ0v) is 13.7. The molecule has 114 valence electrons. The standard InChI is InChI=1S/C15H20N2O3S/c1-8(2)6-9-11(15(9,3)4)12(18)17-14-16-10(7-21-14)13(19)20-5/h6-7,9,11H,1-5H3,(H,16,17,18). The molecule has 1 heterocycles. The molecule has 2 rings (SSSR count). The Kier molecular flexibility index (Phi) is 4.18. The molecule has 1 N–H and O–H groups in total. The van der Waals surface area contributed by atoms with Crippen LogP contribution in [0.25, 0.3) is 0 Å². The fourth-order valence-electron chi connectivity index (χ4n) is 2.56. The number of amides is 1. The molecule has 0 aromatic carbocycles. The quantitative estimate of drug-likeness (QED) is 0.685. The van der Waals surface area contributed by atoms with Crippen LogP contribution < -0.4 is 5.32 Å². The van der Waals surface area contributed by atoms with Gasteiger partial charge >= 0.3 is 5.97 Å². The summed E-state index contributed by atoms with van der Waals surface area (Å²) in [5.41, 5.74) is 1.39. The molecule has 1 saturated carbocycles. The van der Waals surface area contributed by atoms with Crippen molar-refractivity contribution in [3.05, 3.63) is 22.7 Å². The average molecular weight is 308 g/mol. The van der Waals surface area contributed by atoms with E-state index in [-0.39, 0.29) is 28.9 Å². The van der Waals surface area contributed by atoms with Crippen LogP contribution >= 0.6 is 11.3 Å². The molecule has 1 aliphatic carbocycles. The third-order valence-corrected chi connectivity index (χ3v) is 4.59. The number of ether oxygens (including phenoxy) is 1. The van der Waals surface area contributed by atoms with Gasteiger partial charge in [-0.05, 0) is 25.2 Å². The molecule has 1 aliphatic rings. The second-order valence-corrected chi connectivity index (χ2v) is 6.95. The van der Waals surface area contributed by atoms with Crippen molar-refractivity contribution in [2.75, 3.05) is 12.4 Å². The lowest BCUT2D eigenvalue weighted by Crippen LogP contribution is -2.17. The smallest absolute Gasteiger partial charge is 0.357 e. The van der Waals surface area contributed by atoms with Gasteiger partial charge in [-0.1, -0.05) is 25.5 Å². The van der Waals surface area contributed by atoms with Crippen LogP contribution in [0.3, 0.4) is 0 Å². The zero-order valence-electron chi connectivity index (χ0n) is 12.9. The van der Waals surface area contributed by atoms with E-state index in [2.05, 4.69) is 35.0 Å². The molecule has 0 spiro atoms. The van der Waals surface area contributed by atoms with Crippen LogP contribution in [0.15, 0.2) is 17.0 Å². The third-order valence-electron chi connectivity index (χ3n) is 3.83. The highest BCUT2D eigenvalue weighted by atomic mass is 32.1. The van der Waals surface area contributed by atoms with Gasteiger partial charge in [-0.3, -0.25) is 4.79 Å². The Morgan fingerprint density at radius 1 is 1.43 bits per heavy atom. The normalized spacial score (nSPS) is 22.3. The highest BCUT2D eigenvalue weighted by molar-refractivity contribution is 7.14. The summed E-state index contributed by atoms with van der Waals surface area (Å²) in [6.07, 6.45) is 2.14. The maximum Gasteiger partial charge on any atom is 0.357 e. The van der Waals surface area contributed by atoms with Crippen molar-refractivity contribution in [2.24, 2.45) is 17.3 Å². The maximum absolute atomic E-state index is 12.3. The van der Waals surface area contributed by atoms with Crippen LogP contribution in [0.2, 0.25) is 0 Å². The molecule has 1 aromatic heterocycles. The number of nitrogens with one attached hydrogen (secondary N) is 1. The second-order valence-electron chi connectivity index (χ2n) is 6.09. The number of methoxy groups -OCH3 is 1. The summed E-state index contributed by atoms with van der Waals surface area (Å²) in [5, 5.41) is 4.80. The lowest BCUT2D eigenvalue weighted by atomic mass is 10.1. The number of anilines is 1. The number of esters is 1. The second kappa shape index (κ2) is 5.60. The SMILES string of the molecule is COC(=O)c1csc(NC(=O)C2C(C=C(C)C)C2(C)C)n1. The molecule has 6 heteroatoms. The topological polar surface area (TPSA) is 68.3 Å². The minimum Gasteiger partial charge on any atom is -0.464 e. The first-order valence-corrected chi connectivity index (χ1v) is 7.65. The van der Waals surface area contributed by atoms with E-state index in [1.165, 1.54) is 24.0 Å². The monoisotopic (exact) mass is 308 g/mol. The molecular formula is C15H20N2O3S. The highest BCUT2D eigenvalue weighted by Crippen LogP contribution is 2.59. The minimum absolute atomic E-state index is 0.0379. The molecular weight excluding hydrogens is 288 g/mol. The molecule has 5 nitrogen and oxygen atoms in total. The largest absolute Gasteiger partial charge is 0.464 e. The van der Waals surface area contributed by atoms with E-state index in [9.17, 15) is 9.59 Å². The number of aromatic nitrogens is 1. The number of hydrogen-bond acceptors (Lipinski definition) is 5. The summed E-state index contributed by atoms with van der Waals surface area (Å²) in [6, 6.07) is 0. The molecule has 1 aromatic rings. The van der Waals surface area contributed by atoms with Crippen LogP contribution in [-0.2, 0) is 9.53 Å². The Hall–Kier alpha value is -1.69. The van der Waals surface area contributed by atoms with E-state index >= 15 is 0 Å². The van der Waals surface area contributed by atoms with Crippen LogP contribution in [0.1, 0.15) is 38.2 Å². The van der Waals surface area contributed by atoms with E-state index in [1.54, 1.807) is 5.38 Å². The van der Waals surface area contributed by atoms with Crippen molar-refractivity contribution in [2.45, 2.75) is 27.7 Å². The fraction of sp³-hybridized carbons (Fsp3) is 0.533. The summed E-state index contributed by atoms with van der Waals surface area (Å²) in [5.74, 6) is -0.352. The van der Waals surface area contributed by atoms with Crippen molar-refractivity contribution in [3.8, 4) is 0 Å². The number of allylic oxidation sites excluding steroid dienone is 2. The van der Waals surface area contributed by atoms with Gasteiger partial charge in [-0.25, -0.2) is 9.78 Å². The first kappa shape index (κ1) is 15.7. The van der Waals surface area contributed by atoms with Gasteiger partial charge in [0.2, 0.25) is 5.91 Å². The van der Waals surface area contributed by atoms with Gasteiger partial charge in [0.1, 0.15) is 0 Å². The van der Waals surface area contributed by atoms with Gasteiger partial charge in [-0.2, -0.15) is 0 Å². The third kappa shape index (κ3) is 3.15. The van der Waals surface area contributed by atoms with Crippen molar-refractivity contribution >= 4 is 28.3 Å². The molecule has 0 saturated heterocycles. The number of nitrogens with zero attached hydrogens (tertiary/aromatic N) is 1. The number of hydrogen-bond donors (Lipinski definition) is 1. The number of thiazole rings is 1. The van der Waals surface area contributed by atoms with Crippen LogP contribution in [-0.4, -0.2) is 24.0 Å². The zero-order chi connectivity index (χ0) is 15.8. The Labute approximate surface area is 128 Å². The average Bonchev–Trinajstić information content (AvgIpc) is 2.77. The molecule has 21 heavy (non-hydrogen) atoms. The van der Waals surface area contributed by atoms with E-state index < -0.39 is 5.97 Å². The molecule has 1 fully saturated rings. The van der Waals surface area contributed by atoms with Crippen molar-refractivity contribution in [1.29, 1.82) is 0 Å². The lowest BCUT2D eigenvalue weighted by Gasteiger charge is -2.02. The Balaban J connectivity index is 2.04. The summed E-state index contributed by atoms with van der Waals surface area (Å²) in [6.45, 7) is 8.24. The highest BCUT2D eigenvalue weighted by Gasteiger charge is 2.60. The first-order chi connectivity index (χ1) is 9.77. The molecule has 2 atom stereocenters. The van der Waals surface area contributed by atoms with Gasteiger partial charge in [0.05, 0.1) is 13.0 Å². The molecule has 0 bridgehead atoms. The van der Waals surface area contributed by atoms with Gasteiger partial charge in [-0.15, -0.1) is 11.3 Å². The van der Waals surface area contributed by atoms with Crippen molar-refractivity contribution in [1.82, 2.24) is 4.98 Å². The number of carbonyl (C=O) groups excluding carboxylic acids is 2. The van der Waals surface area contributed by atoms with E-state index in [0.29, 0.717) is 5.13 Å². The molecule has 0 aliphatic heterocycles. The predicted molar refractivity (Wildman–Crippen MR) is 82.3 cm³/mol. The summed E-state index contributed by atoms with van der Waals surface area (Å²) in [4.78, 5) is 27.7. The van der Waals surface area contributed by atoms with Crippen LogP contribution in [0.5, 0.6) is 0 Å². The van der Waals surface area contributed by atoms with Crippen LogP contribution in [0.4, 0.5) is 5.13 Å². The summed E-state index contributed by atoms with van der Waals surface area (Å²) < 4.78 is 4.59. The maximum atomic E-state index is 12.3. The van der Waals surface area contributed by atoms with E-state index in [1.807, 2.05) is 13.8 Å². The number of carbonyl (C=O) groups is 2. The molecule has 2 unspecified atom stereocenters. The predicted octanol–water partition coefficient (Wildman–Crippen LogP) is 3.11.